The van der Waals surface area contributed by atoms with Crippen LogP contribution < -0.4 is 0 Å². The Balaban J connectivity index is 1.73. The molecule has 3 rings (SSSR count). The molecule has 118 valence electrons. The van der Waals surface area contributed by atoms with Crippen LogP contribution in [0.3, 0.4) is 0 Å². The predicted octanol–water partition coefficient (Wildman–Crippen LogP) is 2.05. The van der Waals surface area contributed by atoms with Gasteiger partial charge < -0.3 is 4.74 Å². The van der Waals surface area contributed by atoms with Gasteiger partial charge in [0.1, 0.15) is 0 Å². The Morgan fingerprint density at radius 3 is 1.91 bits per heavy atom. The van der Waals surface area contributed by atoms with Crippen LogP contribution in [0.1, 0.15) is 26.3 Å². The van der Waals surface area contributed by atoms with Crippen molar-refractivity contribution in [1.82, 2.24) is 0 Å². The molecule has 0 atom stereocenters. The molecule has 0 N–H and O–H groups in total. The Bertz CT molecular complexity index is 846. The van der Waals surface area contributed by atoms with Gasteiger partial charge in [-0.25, -0.2) is 8.42 Å². The average molecular weight is 330 g/mol. The lowest BCUT2D eigenvalue weighted by Crippen LogP contribution is -2.25. The minimum Gasteiger partial charge on any atom is -0.357 e. The lowest BCUT2D eigenvalue weighted by atomic mass is 10.1. The van der Waals surface area contributed by atoms with Crippen molar-refractivity contribution in [3.63, 3.8) is 0 Å². The van der Waals surface area contributed by atoms with Gasteiger partial charge in [0, 0.05) is 17.4 Å². The number of Topliss-reactive ketones (excluding diaryl/α,β-unsaturated/α-hetero) is 2. The summed E-state index contributed by atoms with van der Waals surface area (Å²) in [4.78, 5) is 24.6. The van der Waals surface area contributed by atoms with Crippen molar-refractivity contribution in [3.8, 4) is 0 Å². The topological polar surface area (TPSA) is 77.5 Å². The first-order valence-corrected chi connectivity index (χ1v) is 8.85. The number of hydrogen-bond acceptors (Lipinski definition) is 5. The van der Waals surface area contributed by atoms with Crippen molar-refractivity contribution in [2.24, 2.45) is 0 Å². The first kappa shape index (κ1) is 15.6. The van der Waals surface area contributed by atoms with Crippen LogP contribution in [0.2, 0.25) is 0 Å². The normalized spacial score (nSPS) is 15.0. The highest BCUT2D eigenvalue weighted by Crippen LogP contribution is 2.25. The highest BCUT2D eigenvalue weighted by atomic mass is 32.2. The second kappa shape index (κ2) is 5.72. The molecule has 0 unspecified atom stereocenters. The van der Waals surface area contributed by atoms with Crippen molar-refractivity contribution in [3.05, 3.63) is 65.2 Å². The molecule has 0 amide bonds. The Kier molecular flexibility index (Phi) is 3.87. The smallest absolute Gasteiger partial charge is 0.200 e. The van der Waals surface area contributed by atoms with Crippen molar-refractivity contribution >= 4 is 21.4 Å². The molecule has 0 heterocycles. The van der Waals surface area contributed by atoms with Gasteiger partial charge in [0.2, 0.25) is 0 Å². The summed E-state index contributed by atoms with van der Waals surface area (Å²) >= 11 is 0. The fourth-order valence-corrected chi connectivity index (χ4v) is 3.11. The molecule has 0 radical (unpaired) electrons. The van der Waals surface area contributed by atoms with Crippen LogP contribution in [0, 0.1) is 0 Å². The third-order valence-corrected chi connectivity index (χ3v) is 4.83. The van der Waals surface area contributed by atoms with Crippen LogP contribution in [-0.4, -0.2) is 32.3 Å². The molecule has 1 aliphatic rings. The zero-order chi connectivity index (χ0) is 16.6. The first-order chi connectivity index (χ1) is 10.9. The Hall–Kier alpha value is -2.31. The van der Waals surface area contributed by atoms with Crippen molar-refractivity contribution in [1.29, 1.82) is 0 Å². The molecule has 6 heteroatoms. The second-order valence-corrected chi connectivity index (χ2v) is 7.40. The monoisotopic (exact) mass is 330 g/mol. The maximum Gasteiger partial charge on any atom is 0.200 e. The van der Waals surface area contributed by atoms with Crippen molar-refractivity contribution in [2.75, 3.05) is 6.26 Å². The molecular weight excluding hydrogens is 316 g/mol. The highest BCUT2D eigenvalue weighted by molar-refractivity contribution is 7.90. The molecule has 23 heavy (non-hydrogen) atoms. The molecule has 0 saturated heterocycles. The minimum atomic E-state index is -3.25. The number of benzene rings is 2. The molecule has 0 aliphatic heterocycles. The molecular formula is C17H14O5S. The largest absolute Gasteiger partial charge is 0.357 e. The van der Waals surface area contributed by atoms with E-state index in [0.29, 0.717) is 16.7 Å². The maximum atomic E-state index is 12.2. The zero-order valence-electron chi connectivity index (χ0n) is 12.4. The average Bonchev–Trinajstić information content (AvgIpc) is 2.77. The van der Waals surface area contributed by atoms with Gasteiger partial charge in [0.25, 0.3) is 0 Å². The molecule has 1 aliphatic carbocycles. The zero-order valence-corrected chi connectivity index (χ0v) is 13.2. The van der Waals surface area contributed by atoms with E-state index in [2.05, 4.69) is 0 Å². The molecule has 2 aromatic carbocycles. The maximum absolute atomic E-state index is 12.2. The summed E-state index contributed by atoms with van der Waals surface area (Å²) in [6, 6.07) is 12.8. The van der Waals surface area contributed by atoms with Crippen molar-refractivity contribution in [2.45, 2.75) is 17.6 Å². The quantitative estimate of drug-likeness (QED) is 0.802. The molecule has 0 saturated carbocycles. The molecule has 2 aromatic rings. The van der Waals surface area contributed by atoms with Crippen molar-refractivity contribution < 1.29 is 22.7 Å². The third-order valence-electron chi connectivity index (χ3n) is 3.70. The summed E-state index contributed by atoms with van der Waals surface area (Å²) in [5.74, 6) is -0.670. The van der Waals surface area contributed by atoms with E-state index < -0.39 is 15.9 Å². The van der Waals surface area contributed by atoms with Crippen LogP contribution in [0.25, 0.3) is 0 Å². The van der Waals surface area contributed by atoms with Crippen LogP contribution in [0.15, 0.2) is 53.4 Å². The van der Waals surface area contributed by atoms with Gasteiger partial charge in [0.05, 0.1) is 11.5 Å². The molecule has 0 spiro atoms. The molecule has 0 bridgehead atoms. The van der Waals surface area contributed by atoms with Gasteiger partial charge in [-0.1, -0.05) is 36.4 Å². The lowest BCUT2D eigenvalue weighted by Gasteiger charge is -2.09. The minimum absolute atomic E-state index is 0.0557. The van der Waals surface area contributed by atoms with E-state index in [1.165, 1.54) is 12.1 Å². The van der Waals surface area contributed by atoms with Gasteiger partial charge in [-0.2, -0.15) is 0 Å². The number of sulfone groups is 1. The van der Waals surface area contributed by atoms with Gasteiger partial charge in [-0.15, -0.1) is 0 Å². The highest BCUT2D eigenvalue weighted by Gasteiger charge is 2.38. The van der Waals surface area contributed by atoms with Gasteiger partial charge in [-0.3, -0.25) is 9.59 Å². The van der Waals surface area contributed by atoms with Crippen LogP contribution in [0.5, 0.6) is 0 Å². The first-order valence-electron chi connectivity index (χ1n) is 6.96. The van der Waals surface area contributed by atoms with E-state index in [4.69, 9.17) is 4.74 Å². The predicted molar refractivity (Wildman–Crippen MR) is 83.2 cm³/mol. The number of ether oxygens (including phenoxy) is 1. The number of carbonyl (C=O) groups is 2. The van der Waals surface area contributed by atoms with Crippen LogP contribution in [0.4, 0.5) is 0 Å². The SMILES string of the molecule is CS(=O)(=O)c1ccc(COC2C(=O)c3ccccc3C2=O)cc1. The fourth-order valence-electron chi connectivity index (χ4n) is 2.48. The summed E-state index contributed by atoms with van der Waals surface area (Å²) in [5, 5.41) is 0. The Labute approximate surface area is 133 Å². The molecule has 5 nitrogen and oxygen atoms in total. The number of hydrogen-bond donors (Lipinski definition) is 0. The summed E-state index contributed by atoms with van der Waals surface area (Å²) < 4.78 is 28.3. The van der Waals surface area contributed by atoms with Gasteiger partial charge in [0.15, 0.2) is 27.5 Å². The number of fused-ring (bicyclic) bond motifs is 1. The lowest BCUT2D eigenvalue weighted by molar-refractivity contribution is 0.0350. The second-order valence-electron chi connectivity index (χ2n) is 5.38. The Morgan fingerprint density at radius 1 is 0.913 bits per heavy atom. The summed E-state index contributed by atoms with van der Waals surface area (Å²) in [6.07, 6.45) is 0.00738. The number of rotatable bonds is 4. The summed E-state index contributed by atoms with van der Waals surface area (Å²) in [5.41, 5.74) is 1.46. The van der Waals surface area contributed by atoms with E-state index in [9.17, 15) is 18.0 Å². The van der Waals surface area contributed by atoms with E-state index >= 15 is 0 Å². The Morgan fingerprint density at radius 2 is 1.43 bits per heavy atom. The summed E-state index contributed by atoms with van der Waals surface area (Å²) in [6.45, 7) is 0.0557. The number of carbonyl (C=O) groups excluding carboxylic acids is 2. The van der Waals surface area contributed by atoms with E-state index in [-0.39, 0.29) is 23.1 Å². The van der Waals surface area contributed by atoms with E-state index in [1.807, 2.05) is 0 Å². The van der Waals surface area contributed by atoms with Gasteiger partial charge >= 0.3 is 0 Å². The van der Waals surface area contributed by atoms with Crippen LogP contribution >= 0.6 is 0 Å². The van der Waals surface area contributed by atoms with Crippen LogP contribution in [-0.2, 0) is 21.2 Å². The summed E-state index contributed by atoms with van der Waals surface area (Å²) in [7, 11) is -3.25. The fraction of sp³-hybridized carbons (Fsp3) is 0.176. The molecule has 0 aromatic heterocycles. The van der Waals surface area contributed by atoms with E-state index in [1.54, 1.807) is 36.4 Å². The van der Waals surface area contributed by atoms with Gasteiger partial charge in [-0.05, 0) is 17.7 Å². The molecule has 0 fully saturated rings. The third kappa shape index (κ3) is 2.95. The number of ketones is 2. The standard InChI is InChI=1S/C17H14O5S/c1-23(20,21)12-8-6-11(7-9-12)10-22-17-15(18)13-4-2-3-5-14(13)16(17)19/h2-9,17H,10H2,1H3. The van der Waals surface area contributed by atoms with E-state index in [0.717, 1.165) is 6.26 Å².